The van der Waals surface area contributed by atoms with Gasteiger partial charge in [0.2, 0.25) is 0 Å². The Morgan fingerprint density at radius 2 is 1.95 bits per heavy atom. The molecule has 0 amide bonds. The Kier molecular flexibility index (Phi) is 3.83. The zero-order chi connectivity index (χ0) is 14.0. The molecule has 0 saturated heterocycles. The molecule has 0 spiro atoms. The number of nitrogens with zero attached hydrogens (tertiary/aromatic N) is 4. The zero-order valence-corrected chi connectivity index (χ0v) is 12.3. The highest BCUT2D eigenvalue weighted by molar-refractivity contribution is 5.61. The average Bonchev–Trinajstić information content (AvgIpc) is 2.70. The summed E-state index contributed by atoms with van der Waals surface area (Å²) in [5.74, 6) is 1.69. The lowest BCUT2D eigenvalue weighted by Gasteiger charge is -2.12. The molecular formula is C14H21N5. The molecule has 0 bridgehead atoms. The number of hydrogen-bond acceptors (Lipinski definition) is 4. The maximum Gasteiger partial charge on any atom is 0.165 e. The minimum Gasteiger partial charge on any atom is -0.370 e. The van der Waals surface area contributed by atoms with Crippen molar-refractivity contribution in [2.24, 2.45) is 7.05 Å². The number of aromatic nitrogens is 4. The van der Waals surface area contributed by atoms with Crippen LogP contribution in [0.3, 0.4) is 0 Å². The van der Waals surface area contributed by atoms with Gasteiger partial charge in [0, 0.05) is 30.5 Å². The lowest BCUT2D eigenvalue weighted by atomic mass is 10.1. The Bertz CT molecular complexity index is 586. The first-order valence-electron chi connectivity index (χ1n) is 6.68. The van der Waals surface area contributed by atoms with Crippen molar-refractivity contribution < 1.29 is 0 Å². The van der Waals surface area contributed by atoms with Gasteiger partial charge in [0.05, 0.1) is 11.8 Å². The molecule has 2 aromatic heterocycles. The van der Waals surface area contributed by atoms with E-state index in [-0.39, 0.29) is 0 Å². The first-order valence-corrected chi connectivity index (χ1v) is 6.68. The van der Waals surface area contributed by atoms with Crippen molar-refractivity contribution in [3.8, 4) is 11.4 Å². The third kappa shape index (κ3) is 2.45. The average molecular weight is 259 g/mol. The minimum atomic E-state index is 0.747. The molecule has 5 heteroatoms. The van der Waals surface area contributed by atoms with E-state index in [1.807, 2.05) is 31.8 Å². The lowest BCUT2D eigenvalue weighted by Crippen LogP contribution is -2.08. The fourth-order valence-corrected chi connectivity index (χ4v) is 2.17. The second kappa shape index (κ2) is 5.38. The van der Waals surface area contributed by atoms with Crippen molar-refractivity contribution in [3.63, 3.8) is 0 Å². The van der Waals surface area contributed by atoms with Gasteiger partial charge in [-0.1, -0.05) is 6.92 Å². The molecular weight excluding hydrogens is 238 g/mol. The highest BCUT2D eigenvalue weighted by Gasteiger charge is 2.14. The molecule has 1 N–H and O–H groups in total. The normalized spacial score (nSPS) is 10.8. The fourth-order valence-electron chi connectivity index (χ4n) is 2.17. The summed E-state index contributed by atoms with van der Waals surface area (Å²) in [6.45, 7) is 9.13. The van der Waals surface area contributed by atoms with Crippen molar-refractivity contribution in [3.05, 3.63) is 23.1 Å². The first-order chi connectivity index (χ1) is 9.08. The summed E-state index contributed by atoms with van der Waals surface area (Å²) in [5.41, 5.74) is 4.29. The van der Waals surface area contributed by atoms with Crippen LogP contribution < -0.4 is 5.32 Å². The van der Waals surface area contributed by atoms with E-state index < -0.39 is 0 Å². The molecule has 0 saturated carbocycles. The number of rotatable bonds is 4. The number of nitrogens with one attached hydrogen (secondary N) is 1. The molecule has 2 aromatic rings. The molecule has 0 atom stereocenters. The van der Waals surface area contributed by atoms with Gasteiger partial charge in [0.15, 0.2) is 5.82 Å². The van der Waals surface area contributed by atoms with E-state index in [1.165, 1.54) is 5.56 Å². The summed E-state index contributed by atoms with van der Waals surface area (Å²) in [6, 6.07) is 0. The molecule has 2 rings (SSSR count). The van der Waals surface area contributed by atoms with Gasteiger partial charge >= 0.3 is 0 Å². The van der Waals surface area contributed by atoms with Gasteiger partial charge in [0.25, 0.3) is 0 Å². The minimum absolute atomic E-state index is 0.747. The van der Waals surface area contributed by atoms with Crippen LogP contribution in [0.2, 0.25) is 0 Å². The Balaban J connectivity index is 2.56. The van der Waals surface area contributed by atoms with Crippen molar-refractivity contribution in [1.29, 1.82) is 0 Å². The molecule has 102 valence electrons. The standard InChI is InChI=1S/C14H21N5/c1-6-11-9(3)17-14(18-13(11)15-7-2)12-8-16-19(5)10(12)4/h8H,6-7H2,1-5H3,(H,15,17,18). The van der Waals surface area contributed by atoms with Crippen LogP contribution in [0.15, 0.2) is 6.20 Å². The predicted octanol–water partition coefficient (Wildman–Crippen LogP) is 2.49. The third-order valence-electron chi connectivity index (χ3n) is 3.39. The Hall–Kier alpha value is -1.91. The van der Waals surface area contributed by atoms with E-state index >= 15 is 0 Å². The van der Waals surface area contributed by atoms with Gasteiger partial charge in [0.1, 0.15) is 5.82 Å². The van der Waals surface area contributed by atoms with E-state index in [0.29, 0.717) is 0 Å². The van der Waals surface area contributed by atoms with Crippen LogP contribution in [0.1, 0.15) is 30.8 Å². The van der Waals surface area contributed by atoms with Crippen molar-refractivity contribution in [2.45, 2.75) is 34.1 Å². The summed E-state index contributed by atoms with van der Waals surface area (Å²) in [5, 5.41) is 7.58. The second-order valence-electron chi connectivity index (χ2n) is 4.61. The topological polar surface area (TPSA) is 55.6 Å². The molecule has 0 unspecified atom stereocenters. The van der Waals surface area contributed by atoms with Crippen LogP contribution in [0.25, 0.3) is 11.4 Å². The highest BCUT2D eigenvalue weighted by Crippen LogP contribution is 2.24. The van der Waals surface area contributed by atoms with Gasteiger partial charge < -0.3 is 5.32 Å². The van der Waals surface area contributed by atoms with Gasteiger partial charge in [-0.25, -0.2) is 9.97 Å². The predicted molar refractivity (Wildman–Crippen MR) is 77.2 cm³/mol. The summed E-state index contributed by atoms with van der Waals surface area (Å²) in [4.78, 5) is 9.29. The van der Waals surface area contributed by atoms with Crippen LogP contribution in [-0.4, -0.2) is 26.3 Å². The van der Waals surface area contributed by atoms with Crippen LogP contribution in [-0.2, 0) is 13.5 Å². The molecule has 19 heavy (non-hydrogen) atoms. The molecule has 2 heterocycles. The highest BCUT2D eigenvalue weighted by atomic mass is 15.3. The Labute approximate surface area is 114 Å². The first kappa shape index (κ1) is 13.5. The number of anilines is 1. The maximum atomic E-state index is 4.66. The van der Waals surface area contributed by atoms with Crippen molar-refractivity contribution >= 4 is 5.82 Å². The van der Waals surface area contributed by atoms with Crippen LogP contribution in [0, 0.1) is 13.8 Å². The fraction of sp³-hybridized carbons (Fsp3) is 0.500. The van der Waals surface area contributed by atoms with Gasteiger partial charge in [-0.15, -0.1) is 0 Å². The van der Waals surface area contributed by atoms with E-state index in [2.05, 4.69) is 34.2 Å². The van der Waals surface area contributed by atoms with Gasteiger partial charge in [-0.05, 0) is 27.2 Å². The molecule has 0 aromatic carbocycles. The van der Waals surface area contributed by atoms with Crippen molar-refractivity contribution in [1.82, 2.24) is 19.7 Å². The summed E-state index contributed by atoms with van der Waals surface area (Å²) in [7, 11) is 1.93. The summed E-state index contributed by atoms with van der Waals surface area (Å²) < 4.78 is 1.84. The lowest BCUT2D eigenvalue weighted by molar-refractivity contribution is 0.740. The molecule has 5 nitrogen and oxygen atoms in total. The molecule has 0 aliphatic rings. The second-order valence-corrected chi connectivity index (χ2v) is 4.61. The molecule has 0 radical (unpaired) electrons. The summed E-state index contributed by atoms with van der Waals surface area (Å²) >= 11 is 0. The Morgan fingerprint density at radius 1 is 1.21 bits per heavy atom. The monoisotopic (exact) mass is 259 g/mol. The Morgan fingerprint density at radius 3 is 2.47 bits per heavy atom. The van der Waals surface area contributed by atoms with Crippen molar-refractivity contribution in [2.75, 3.05) is 11.9 Å². The SMILES string of the molecule is CCNc1nc(-c2cnn(C)c2C)nc(C)c1CC. The van der Waals surface area contributed by atoms with Gasteiger partial charge in [-0.3, -0.25) is 4.68 Å². The van der Waals surface area contributed by atoms with Crippen LogP contribution in [0.5, 0.6) is 0 Å². The van der Waals surface area contributed by atoms with Gasteiger partial charge in [-0.2, -0.15) is 5.10 Å². The molecule has 0 aliphatic carbocycles. The number of hydrogen-bond donors (Lipinski definition) is 1. The van der Waals surface area contributed by atoms with Crippen LogP contribution in [0.4, 0.5) is 5.82 Å². The zero-order valence-electron chi connectivity index (χ0n) is 12.3. The maximum absolute atomic E-state index is 4.66. The third-order valence-corrected chi connectivity index (χ3v) is 3.39. The molecule has 0 aliphatic heterocycles. The van der Waals surface area contributed by atoms with E-state index in [4.69, 9.17) is 0 Å². The molecule has 0 fully saturated rings. The number of aryl methyl sites for hydroxylation is 2. The largest absolute Gasteiger partial charge is 0.370 e. The smallest absolute Gasteiger partial charge is 0.165 e. The van der Waals surface area contributed by atoms with Crippen LogP contribution >= 0.6 is 0 Å². The summed E-state index contributed by atoms with van der Waals surface area (Å²) in [6.07, 6.45) is 2.76. The van der Waals surface area contributed by atoms with E-state index in [0.717, 1.165) is 41.6 Å². The quantitative estimate of drug-likeness (QED) is 0.916. The van der Waals surface area contributed by atoms with E-state index in [9.17, 15) is 0 Å². The van der Waals surface area contributed by atoms with E-state index in [1.54, 1.807) is 0 Å².